The van der Waals surface area contributed by atoms with Crippen molar-refractivity contribution in [2.24, 2.45) is 5.84 Å². The summed E-state index contributed by atoms with van der Waals surface area (Å²) in [6.07, 6.45) is 1.31. The van der Waals surface area contributed by atoms with Crippen molar-refractivity contribution < 1.29 is 8.42 Å². The van der Waals surface area contributed by atoms with Gasteiger partial charge >= 0.3 is 0 Å². The van der Waals surface area contributed by atoms with E-state index in [2.05, 4.69) is 29.7 Å². The third-order valence-electron chi connectivity index (χ3n) is 3.77. The van der Waals surface area contributed by atoms with Gasteiger partial charge in [-0.1, -0.05) is 43.3 Å². The Morgan fingerprint density at radius 2 is 1.86 bits per heavy atom. The summed E-state index contributed by atoms with van der Waals surface area (Å²) in [6, 6.07) is 14.3. The molecule has 0 spiro atoms. The third-order valence-corrected chi connectivity index (χ3v) is 5.56. The Balaban J connectivity index is 2.08. The zero-order chi connectivity index (χ0) is 15.3. The van der Waals surface area contributed by atoms with Crippen molar-refractivity contribution in [3.8, 4) is 0 Å². The number of fused-ring (bicyclic) bond motifs is 1. The van der Waals surface area contributed by atoms with Crippen molar-refractivity contribution in [3.63, 3.8) is 0 Å². The first-order valence-corrected chi connectivity index (χ1v) is 9.03. The maximum Gasteiger partial charge on any atom is 0.150 e. The second-order valence-corrected chi connectivity index (χ2v) is 7.68. The van der Waals surface area contributed by atoms with E-state index in [9.17, 15) is 8.42 Å². The van der Waals surface area contributed by atoms with Gasteiger partial charge in [-0.2, -0.15) is 0 Å². The molecule has 0 amide bonds. The van der Waals surface area contributed by atoms with Gasteiger partial charge in [0.15, 0.2) is 0 Å². The Hall–Kier alpha value is -1.43. The molecule has 4 nitrogen and oxygen atoms in total. The van der Waals surface area contributed by atoms with Crippen LogP contribution in [0.3, 0.4) is 0 Å². The molecule has 114 valence electrons. The second kappa shape index (κ2) is 7.02. The molecule has 2 aromatic carbocycles. The summed E-state index contributed by atoms with van der Waals surface area (Å²) < 4.78 is 23.1. The number of hydrogen-bond donors (Lipinski definition) is 2. The van der Waals surface area contributed by atoms with E-state index in [1.807, 2.05) is 18.2 Å². The van der Waals surface area contributed by atoms with E-state index in [0.717, 1.165) is 10.9 Å². The van der Waals surface area contributed by atoms with Gasteiger partial charge in [0, 0.05) is 11.8 Å². The first kappa shape index (κ1) is 15.9. The van der Waals surface area contributed by atoms with Crippen molar-refractivity contribution in [1.29, 1.82) is 0 Å². The predicted octanol–water partition coefficient (Wildman–Crippen LogP) is 2.56. The van der Waals surface area contributed by atoms with Gasteiger partial charge in [0.2, 0.25) is 0 Å². The second-order valence-electron chi connectivity index (χ2n) is 5.20. The minimum Gasteiger partial charge on any atom is -0.271 e. The summed E-state index contributed by atoms with van der Waals surface area (Å²) in [5.41, 5.74) is 3.88. The largest absolute Gasteiger partial charge is 0.271 e. The molecule has 0 aliphatic rings. The third kappa shape index (κ3) is 4.27. The number of rotatable bonds is 7. The Bertz CT molecular complexity index is 698. The maximum absolute atomic E-state index is 11.5. The summed E-state index contributed by atoms with van der Waals surface area (Å²) in [5, 5.41) is 2.35. The molecule has 0 radical (unpaired) electrons. The van der Waals surface area contributed by atoms with Gasteiger partial charge in [-0.3, -0.25) is 11.3 Å². The number of nitrogens with two attached hydrogens (primary N) is 1. The molecule has 0 heterocycles. The lowest BCUT2D eigenvalue weighted by atomic mass is 9.99. The van der Waals surface area contributed by atoms with Crippen LogP contribution in [-0.2, 0) is 9.84 Å². The van der Waals surface area contributed by atoms with Crippen LogP contribution in [0.2, 0.25) is 0 Å². The van der Waals surface area contributed by atoms with Gasteiger partial charge in [-0.05, 0) is 35.2 Å². The van der Waals surface area contributed by atoms with Crippen LogP contribution in [-0.4, -0.2) is 19.9 Å². The van der Waals surface area contributed by atoms with Crippen molar-refractivity contribution in [2.75, 3.05) is 11.5 Å². The maximum atomic E-state index is 11.5. The topological polar surface area (TPSA) is 72.2 Å². The van der Waals surface area contributed by atoms with Gasteiger partial charge in [0.05, 0.1) is 5.75 Å². The van der Waals surface area contributed by atoms with Crippen molar-refractivity contribution >= 4 is 20.6 Å². The molecule has 0 saturated heterocycles. The molecule has 0 aromatic heterocycles. The minimum absolute atomic E-state index is 0.0262. The monoisotopic (exact) mass is 306 g/mol. The van der Waals surface area contributed by atoms with Gasteiger partial charge in [-0.25, -0.2) is 8.42 Å². The first-order valence-electron chi connectivity index (χ1n) is 7.21. The van der Waals surface area contributed by atoms with E-state index in [0.29, 0.717) is 12.8 Å². The van der Waals surface area contributed by atoms with E-state index in [-0.39, 0.29) is 17.5 Å². The summed E-state index contributed by atoms with van der Waals surface area (Å²) in [7, 11) is -2.91. The number of hydrazine groups is 1. The molecule has 5 heteroatoms. The fourth-order valence-corrected chi connectivity index (χ4v) is 3.32. The van der Waals surface area contributed by atoms with Crippen molar-refractivity contribution in [2.45, 2.75) is 25.8 Å². The predicted molar refractivity (Wildman–Crippen MR) is 87.6 cm³/mol. The molecule has 0 bridgehead atoms. The van der Waals surface area contributed by atoms with Crippen LogP contribution in [0.25, 0.3) is 10.8 Å². The Kier molecular flexibility index (Phi) is 5.33. The summed E-state index contributed by atoms with van der Waals surface area (Å²) in [5.74, 6) is 6.05. The smallest absolute Gasteiger partial charge is 0.150 e. The number of nitrogens with one attached hydrogen (secondary N) is 1. The van der Waals surface area contributed by atoms with E-state index in [4.69, 9.17) is 5.84 Å². The highest BCUT2D eigenvalue weighted by Gasteiger charge is 2.13. The SMILES string of the molecule is CCS(=O)(=O)CCCC(NN)c1ccc2ccccc2c1. The molecule has 1 unspecified atom stereocenters. The fourth-order valence-electron chi connectivity index (χ4n) is 2.42. The molecular weight excluding hydrogens is 284 g/mol. The van der Waals surface area contributed by atoms with Crippen molar-refractivity contribution in [3.05, 3.63) is 48.0 Å². The minimum atomic E-state index is -2.91. The molecule has 3 N–H and O–H groups in total. The van der Waals surface area contributed by atoms with Crippen LogP contribution in [0.15, 0.2) is 42.5 Å². The van der Waals surface area contributed by atoms with Crippen molar-refractivity contribution in [1.82, 2.24) is 5.43 Å². The molecular formula is C16H22N2O2S. The lowest BCUT2D eigenvalue weighted by molar-refractivity contribution is 0.507. The average molecular weight is 306 g/mol. The van der Waals surface area contributed by atoms with Gasteiger partial charge in [0.25, 0.3) is 0 Å². The highest BCUT2D eigenvalue weighted by atomic mass is 32.2. The zero-order valence-electron chi connectivity index (χ0n) is 12.2. The van der Waals surface area contributed by atoms with Gasteiger partial charge < -0.3 is 0 Å². The fraction of sp³-hybridized carbons (Fsp3) is 0.375. The highest BCUT2D eigenvalue weighted by Crippen LogP contribution is 2.23. The summed E-state index contributed by atoms with van der Waals surface area (Å²) >= 11 is 0. The lowest BCUT2D eigenvalue weighted by Crippen LogP contribution is -2.28. The first-order chi connectivity index (χ1) is 10.1. The summed E-state index contributed by atoms with van der Waals surface area (Å²) in [4.78, 5) is 0. The van der Waals surface area contributed by atoms with E-state index >= 15 is 0 Å². The van der Waals surface area contributed by atoms with E-state index in [1.54, 1.807) is 6.92 Å². The number of hydrogen-bond acceptors (Lipinski definition) is 4. The lowest BCUT2D eigenvalue weighted by Gasteiger charge is -2.17. The average Bonchev–Trinajstić information content (AvgIpc) is 2.51. The molecule has 0 aliphatic carbocycles. The molecule has 21 heavy (non-hydrogen) atoms. The normalized spacial score (nSPS) is 13.4. The highest BCUT2D eigenvalue weighted by molar-refractivity contribution is 7.91. The Morgan fingerprint density at radius 1 is 1.14 bits per heavy atom. The summed E-state index contributed by atoms with van der Waals surface area (Å²) in [6.45, 7) is 1.68. The van der Waals surface area contributed by atoms with E-state index < -0.39 is 9.84 Å². The van der Waals surface area contributed by atoms with Crippen LogP contribution in [0.5, 0.6) is 0 Å². The standard InChI is InChI=1S/C16H22N2O2S/c1-2-21(19,20)11-5-8-16(18-17)15-10-9-13-6-3-4-7-14(13)12-15/h3-4,6-7,9-10,12,16,18H,2,5,8,11,17H2,1H3. The quantitative estimate of drug-likeness (QED) is 0.609. The molecule has 0 aliphatic heterocycles. The van der Waals surface area contributed by atoms with E-state index in [1.165, 1.54) is 5.39 Å². The molecule has 2 rings (SSSR count). The molecule has 0 saturated carbocycles. The van der Waals surface area contributed by atoms with Crippen LogP contribution in [0.1, 0.15) is 31.4 Å². The van der Waals surface area contributed by atoms with Gasteiger partial charge in [-0.15, -0.1) is 0 Å². The number of sulfone groups is 1. The Labute approximate surface area is 126 Å². The van der Waals surface area contributed by atoms with Crippen LogP contribution < -0.4 is 11.3 Å². The molecule has 1 atom stereocenters. The zero-order valence-corrected chi connectivity index (χ0v) is 13.1. The Morgan fingerprint density at radius 3 is 2.52 bits per heavy atom. The molecule has 2 aromatic rings. The number of benzene rings is 2. The van der Waals surface area contributed by atoms with Crippen LogP contribution in [0.4, 0.5) is 0 Å². The van der Waals surface area contributed by atoms with Crippen LogP contribution >= 0.6 is 0 Å². The van der Waals surface area contributed by atoms with Crippen LogP contribution in [0, 0.1) is 0 Å². The molecule has 0 fully saturated rings. The van der Waals surface area contributed by atoms with Gasteiger partial charge in [0.1, 0.15) is 9.84 Å².